The van der Waals surface area contributed by atoms with Crippen molar-refractivity contribution in [2.75, 3.05) is 5.43 Å². The molecule has 3 aromatic rings. The van der Waals surface area contributed by atoms with Gasteiger partial charge in [0.15, 0.2) is 0 Å². The Kier molecular flexibility index (Phi) is 6.09. The number of hydrogen-bond acceptors (Lipinski definition) is 5. The monoisotopic (exact) mass is 424 g/mol. The van der Waals surface area contributed by atoms with E-state index in [1.54, 1.807) is 6.07 Å². The van der Waals surface area contributed by atoms with Crippen LogP contribution in [0.4, 0.5) is 27.9 Å². The van der Waals surface area contributed by atoms with Gasteiger partial charge < -0.3 is 0 Å². The third-order valence-corrected chi connectivity index (χ3v) is 4.14. The van der Waals surface area contributed by atoms with Gasteiger partial charge in [-0.05, 0) is 43.2 Å². The standard InChI is InChI=1S/C19H17F5N6/c1-11-3-4-13(7-12(11)2)15-8-16(17(20)21)27-18(26-15)28-25-9-14-5-6-30(29-14)10-19(22,23)24/h3-9,17H,10H2,1-2H3,(H,26,27,28)/b25-9+. The minimum absolute atomic E-state index is 0.145. The van der Waals surface area contributed by atoms with E-state index in [9.17, 15) is 22.0 Å². The SMILES string of the molecule is Cc1ccc(-c2cc(C(F)F)nc(N/N=C/c3ccn(CC(F)(F)F)n3)n2)cc1C. The molecule has 0 spiro atoms. The first-order valence-electron chi connectivity index (χ1n) is 8.75. The van der Waals surface area contributed by atoms with Crippen LogP contribution >= 0.6 is 0 Å². The summed E-state index contributed by atoms with van der Waals surface area (Å²) in [5.41, 5.74) is 5.04. The zero-order chi connectivity index (χ0) is 21.9. The highest BCUT2D eigenvalue weighted by atomic mass is 19.4. The van der Waals surface area contributed by atoms with E-state index in [-0.39, 0.29) is 17.3 Å². The minimum atomic E-state index is -4.40. The Labute approximate surface area is 168 Å². The molecule has 0 radical (unpaired) electrons. The first-order chi connectivity index (χ1) is 14.1. The maximum Gasteiger partial charge on any atom is 0.408 e. The lowest BCUT2D eigenvalue weighted by atomic mass is 10.0. The van der Waals surface area contributed by atoms with Crippen molar-refractivity contribution in [2.45, 2.75) is 33.0 Å². The maximum atomic E-state index is 13.3. The van der Waals surface area contributed by atoms with E-state index in [0.29, 0.717) is 10.2 Å². The molecule has 2 heterocycles. The van der Waals surface area contributed by atoms with Gasteiger partial charge >= 0.3 is 6.18 Å². The van der Waals surface area contributed by atoms with Crippen LogP contribution in [0.3, 0.4) is 0 Å². The highest BCUT2D eigenvalue weighted by Gasteiger charge is 2.28. The molecule has 1 N–H and O–H groups in total. The zero-order valence-electron chi connectivity index (χ0n) is 16.0. The highest BCUT2D eigenvalue weighted by Crippen LogP contribution is 2.26. The average Bonchev–Trinajstić information content (AvgIpc) is 3.09. The number of hydrogen-bond donors (Lipinski definition) is 1. The topological polar surface area (TPSA) is 68.0 Å². The third-order valence-electron chi connectivity index (χ3n) is 4.14. The number of nitrogens with zero attached hydrogens (tertiary/aromatic N) is 5. The van der Waals surface area contributed by atoms with Crippen LogP contribution < -0.4 is 5.43 Å². The number of benzene rings is 1. The van der Waals surface area contributed by atoms with Gasteiger partial charge in [-0.2, -0.15) is 23.4 Å². The number of halogens is 5. The molecule has 11 heteroatoms. The number of rotatable bonds is 6. The molecule has 0 aliphatic carbocycles. The quantitative estimate of drug-likeness (QED) is 0.347. The summed E-state index contributed by atoms with van der Waals surface area (Å²) in [6, 6.07) is 7.97. The van der Waals surface area contributed by atoms with Gasteiger partial charge in [-0.1, -0.05) is 12.1 Å². The van der Waals surface area contributed by atoms with E-state index in [2.05, 4.69) is 25.6 Å². The van der Waals surface area contributed by atoms with Crippen molar-refractivity contribution in [1.82, 2.24) is 19.7 Å². The lowest BCUT2D eigenvalue weighted by molar-refractivity contribution is -0.142. The largest absolute Gasteiger partial charge is 0.408 e. The van der Waals surface area contributed by atoms with Crippen molar-refractivity contribution in [3.05, 3.63) is 59.0 Å². The fraction of sp³-hybridized carbons (Fsp3) is 0.263. The Balaban J connectivity index is 1.81. The van der Waals surface area contributed by atoms with Crippen LogP contribution in [0.15, 0.2) is 41.6 Å². The molecule has 0 saturated carbocycles. The summed E-state index contributed by atoms with van der Waals surface area (Å²) < 4.78 is 64.3. The van der Waals surface area contributed by atoms with Crippen molar-refractivity contribution in [2.24, 2.45) is 5.10 Å². The molecule has 1 aromatic carbocycles. The lowest BCUT2D eigenvalue weighted by Gasteiger charge is -2.09. The number of anilines is 1. The van der Waals surface area contributed by atoms with Gasteiger partial charge in [0.2, 0.25) is 5.95 Å². The van der Waals surface area contributed by atoms with Crippen LogP contribution in [-0.4, -0.2) is 32.1 Å². The molecule has 158 valence electrons. The molecule has 0 bridgehead atoms. The summed E-state index contributed by atoms with van der Waals surface area (Å²) in [7, 11) is 0. The number of nitrogens with one attached hydrogen (secondary N) is 1. The molecule has 0 aliphatic heterocycles. The Morgan fingerprint density at radius 2 is 1.87 bits per heavy atom. The molecule has 2 aromatic heterocycles. The maximum absolute atomic E-state index is 13.3. The molecule has 0 saturated heterocycles. The van der Waals surface area contributed by atoms with Crippen LogP contribution in [0.1, 0.15) is 28.9 Å². The van der Waals surface area contributed by atoms with Gasteiger partial charge in [0.25, 0.3) is 6.43 Å². The predicted octanol–water partition coefficient (Wildman–Crippen LogP) is 4.90. The van der Waals surface area contributed by atoms with Gasteiger partial charge in [-0.3, -0.25) is 4.68 Å². The molecule has 0 aliphatic rings. The zero-order valence-corrected chi connectivity index (χ0v) is 16.0. The van der Waals surface area contributed by atoms with Gasteiger partial charge in [-0.25, -0.2) is 24.2 Å². The summed E-state index contributed by atoms with van der Waals surface area (Å²) in [6.07, 6.45) is -4.92. The predicted molar refractivity (Wildman–Crippen MR) is 101 cm³/mol. The van der Waals surface area contributed by atoms with E-state index in [4.69, 9.17) is 0 Å². The molecule has 0 fully saturated rings. The molecule has 0 amide bonds. The number of aromatic nitrogens is 4. The first kappa shape index (κ1) is 21.3. The van der Waals surface area contributed by atoms with E-state index < -0.39 is 24.8 Å². The second-order valence-corrected chi connectivity index (χ2v) is 6.52. The Morgan fingerprint density at radius 3 is 2.53 bits per heavy atom. The number of alkyl halides is 5. The smallest absolute Gasteiger partial charge is 0.263 e. The Morgan fingerprint density at radius 1 is 1.10 bits per heavy atom. The second kappa shape index (κ2) is 8.56. The van der Waals surface area contributed by atoms with Gasteiger partial charge in [0.05, 0.1) is 11.9 Å². The van der Waals surface area contributed by atoms with Crippen LogP contribution in [-0.2, 0) is 6.54 Å². The van der Waals surface area contributed by atoms with Crippen LogP contribution in [0.2, 0.25) is 0 Å². The summed E-state index contributed by atoms with van der Waals surface area (Å²) in [4.78, 5) is 7.92. The second-order valence-electron chi connectivity index (χ2n) is 6.52. The average molecular weight is 424 g/mol. The molecular weight excluding hydrogens is 407 g/mol. The first-order valence-corrected chi connectivity index (χ1v) is 8.75. The van der Waals surface area contributed by atoms with Crippen molar-refractivity contribution in [3.8, 4) is 11.3 Å². The molecule has 30 heavy (non-hydrogen) atoms. The van der Waals surface area contributed by atoms with E-state index in [1.807, 2.05) is 26.0 Å². The van der Waals surface area contributed by atoms with E-state index in [1.165, 1.54) is 12.1 Å². The Hall–Kier alpha value is -3.37. The summed E-state index contributed by atoms with van der Waals surface area (Å²) in [5.74, 6) is -0.174. The highest BCUT2D eigenvalue weighted by molar-refractivity contribution is 5.77. The van der Waals surface area contributed by atoms with Crippen LogP contribution in [0, 0.1) is 13.8 Å². The van der Waals surface area contributed by atoms with E-state index >= 15 is 0 Å². The Bertz CT molecular complexity index is 1060. The van der Waals surface area contributed by atoms with Crippen molar-refractivity contribution < 1.29 is 22.0 Å². The molecule has 0 unspecified atom stereocenters. The van der Waals surface area contributed by atoms with Crippen LogP contribution in [0.5, 0.6) is 0 Å². The van der Waals surface area contributed by atoms with E-state index in [0.717, 1.165) is 23.5 Å². The number of aryl methyl sites for hydroxylation is 2. The fourth-order valence-corrected chi connectivity index (χ4v) is 2.55. The minimum Gasteiger partial charge on any atom is -0.263 e. The van der Waals surface area contributed by atoms with Gasteiger partial charge in [0, 0.05) is 11.8 Å². The third kappa shape index (κ3) is 5.58. The number of hydrazone groups is 1. The lowest BCUT2D eigenvalue weighted by Crippen LogP contribution is -2.18. The molecular formula is C19H17F5N6. The molecule has 0 atom stereocenters. The van der Waals surface area contributed by atoms with Gasteiger partial charge in [0.1, 0.15) is 17.9 Å². The van der Waals surface area contributed by atoms with Crippen molar-refractivity contribution in [1.29, 1.82) is 0 Å². The fourth-order valence-electron chi connectivity index (χ4n) is 2.55. The van der Waals surface area contributed by atoms with Crippen LogP contribution in [0.25, 0.3) is 11.3 Å². The molecule has 6 nitrogen and oxygen atoms in total. The normalized spacial score (nSPS) is 12.1. The summed E-state index contributed by atoms with van der Waals surface area (Å²) in [5, 5.41) is 7.49. The summed E-state index contributed by atoms with van der Waals surface area (Å²) in [6.45, 7) is 2.60. The van der Waals surface area contributed by atoms with Crippen molar-refractivity contribution in [3.63, 3.8) is 0 Å². The van der Waals surface area contributed by atoms with Crippen molar-refractivity contribution >= 4 is 12.2 Å². The molecule has 3 rings (SSSR count). The summed E-state index contributed by atoms with van der Waals surface area (Å²) >= 11 is 0. The van der Waals surface area contributed by atoms with Gasteiger partial charge in [-0.15, -0.1) is 0 Å².